The molecule has 1 N–H and O–H groups in total. The molecule has 3 aromatic rings. The van der Waals surface area contributed by atoms with Crippen LogP contribution in [-0.4, -0.2) is 14.5 Å². The molecule has 0 aliphatic heterocycles. The van der Waals surface area contributed by atoms with E-state index < -0.39 is 28.4 Å². The summed E-state index contributed by atoms with van der Waals surface area (Å²) in [6.45, 7) is 1.51. The normalized spacial score (nSPS) is 11.0. The van der Waals surface area contributed by atoms with Gasteiger partial charge in [-0.2, -0.15) is 0 Å². The minimum absolute atomic E-state index is 0.0721. The van der Waals surface area contributed by atoms with Crippen LogP contribution in [0.1, 0.15) is 5.82 Å². The Kier molecular flexibility index (Phi) is 2.90. The van der Waals surface area contributed by atoms with Crippen LogP contribution in [0.5, 0.6) is 0 Å². The first-order chi connectivity index (χ1) is 9.99. The third-order valence-electron chi connectivity index (χ3n) is 3.04. The van der Waals surface area contributed by atoms with Gasteiger partial charge in [-0.25, -0.2) is 13.8 Å². The first-order valence-electron chi connectivity index (χ1n) is 6.06. The lowest BCUT2D eigenvalue weighted by Gasteiger charge is -2.11. The van der Waals surface area contributed by atoms with Gasteiger partial charge >= 0.3 is 0 Å². The summed E-state index contributed by atoms with van der Waals surface area (Å²) in [6, 6.07) is 5.60. The number of rotatable bonds is 1. The van der Waals surface area contributed by atoms with Crippen molar-refractivity contribution in [3.63, 3.8) is 0 Å². The quantitative estimate of drug-likeness (QED) is 0.741. The van der Waals surface area contributed by atoms with Crippen molar-refractivity contribution in [2.45, 2.75) is 6.92 Å². The molecule has 0 amide bonds. The molecule has 0 unspecified atom stereocenters. The number of halogens is 2. The van der Waals surface area contributed by atoms with Gasteiger partial charge in [-0.15, -0.1) is 0 Å². The molecule has 0 fully saturated rings. The van der Waals surface area contributed by atoms with Gasteiger partial charge in [-0.05, 0) is 25.1 Å². The average Bonchev–Trinajstić information content (AvgIpc) is 2.40. The zero-order chi connectivity index (χ0) is 15.1. The van der Waals surface area contributed by atoms with E-state index in [4.69, 9.17) is 0 Å². The molecule has 7 heteroatoms. The summed E-state index contributed by atoms with van der Waals surface area (Å²) in [6.07, 6.45) is 0. The highest BCUT2D eigenvalue weighted by molar-refractivity contribution is 5.75. The Balaban J connectivity index is 2.57. The van der Waals surface area contributed by atoms with Gasteiger partial charge in [0.15, 0.2) is 5.65 Å². The number of hydrogen-bond acceptors (Lipinski definition) is 3. The molecule has 1 aromatic carbocycles. The highest BCUT2D eigenvalue weighted by atomic mass is 19.1. The second kappa shape index (κ2) is 4.62. The molecule has 0 radical (unpaired) electrons. The summed E-state index contributed by atoms with van der Waals surface area (Å²) in [5, 5.41) is 0.0721. The zero-order valence-corrected chi connectivity index (χ0v) is 10.9. The maximum Gasteiger partial charge on any atom is 0.260 e. The summed E-state index contributed by atoms with van der Waals surface area (Å²) < 4.78 is 28.6. The Morgan fingerprint density at radius 2 is 1.76 bits per heavy atom. The van der Waals surface area contributed by atoms with Crippen molar-refractivity contribution >= 4 is 11.0 Å². The van der Waals surface area contributed by atoms with E-state index in [9.17, 15) is 18.4 Å². The second-order valence-electron chi connectivity index (χ2n) is 4.47. The molecule has 21 heavy (non-hydrogen) atoms. The predicted molar refractivity (Wildman–Crippen MR) is 72.6 cm³/mol. The van der Waals surface area contributed by atoms with Crippen LogP contribution in [0.4, 0.5) is 8.78 Å². The van der Waals surface area contributed by atoms with Gasteiger partial charge < -0.3 is 4.98 Å². The number of fused-ring (bicyclic) bond motifs is 1. The van der Waals surface area contributed by atoms with Gasteiger partial charge in [0.25, 0.3) is 11.1 Å². The van der Waals surface area contributed by atoms with E-state index in [1.165, 1.54) is 19.1 Å². The maximum atomic E-state index is 13.9. The molecular formula is C14H9F2N3O2. The van der Waals surface area contributed by atoms with Gasteiger partial charge in [-0.1, -0.05) is 6.07 Å². The lowest BCUT2D eigenvalue weighted by Crippen LogP contribution is -2.24. The summed E-state index contributed by atoms with van der Waals surface area (Å²) in [7, 11) is 0. The number of para-hydroxylation sites is 1. The van der Waals surface area contributed by atoms with E-state index in [0.29, 0.717) is 0 Å². The number of nitrogens with one attached hydrogen (secondary N) is 1. The predicted octanol–water partition coefficient (Wildman–Crippen LogP) is 1.66. The van der Waals surface area contributed by atoms with E-state index in [2.05, 4.69) is 9.97 Å². The van der Waals surface area contributed by atoms with Crippen molar-refractivity contribution in [2.75, 3.05) is 0 Å². The summed E-state index contributed by atoms with van der Waals surface area (Å²) in [5.41, 5.74) is -1.80. The molecule has 0 saturated heterocycles. The number of aryl methyl sites for hydroxylation is 1. The molecule has 3 rings (SSSR count). The van der Waals surface area contributed by atoms with Gasteiger partial charge in [0.2, 0.25) is 0 Å². The fraction of sp³-hybridized carbons (Fsp3) is 0.0714. The summed E-state index contributed by atoms with van der Waals surface area (Å²) in [4.78, 5) is 30.4. The number of nitrogens with zero attached hydrogens (tertiary/aromatic N) is 2. The van der Waals surface area contributed by atoms with Crippen LogP contribution in [0.15, 0.2) is 39.9 Å². The number of pyridine rings is 1. The van der Waals surface area contributed by atoms with Crippen molar-refractivity contribution < 1.29 is 8.78 Å². The Labute approximate surface area is 116 Å². The lowest BCUT2D eigenvalue weighted by molar-refractivity contribution is 0.568. The largest absolute Gasteiger partial charge is 0.310 e. The van der Waals surface area contributed by atoms with Crippen LogP contribution in [0.25, 0.3) is 16.7 Å². The lowest BCUT2D eigenvalue weighted by atomic mass is 10.2. The van der Waals surface area contributed by atoms with E-state index >= 15 is 0 Å². The zero-order valence-electron chi connectivity index (χ0n) is 10.9. The fourth-order valence-electron chi connectivity index (χ4n) is 2.15. The van der Waals surface area contributed by atoms with Gasteiger partial charge in [0.1, 0.15) is 23.1 Å². The number of benzene rings is 1. The first-order valence-corrected chi connectivity index (χ1v) is 6.06. The third kappa shape index (κ3) is 2.03. The SMILES string of the molecule is Cc1nc2c(ccc(=O)n2-c2c(F)cccc2F)c(=O)[nH]1. The summed E-state index contributed by atoms with van der Waals surface area (Å²) >= 11 is 0. The molecule has 5 nitrogen and oxygen atoms in total. The molecule has 0 bridgehead atoms. The fourth-order valence-corrected chi connectivity index (χ4v) is 2.15. The number of hydrogen-bond donors (Lipinski definition) is 1. The van der Waals surface area contributed by atoms with Crippen molar-refractivity contribution in [3.8, 4) is 5.69 Å². The van der Waals surface area contributed by atoms with Crippen LogP contribution in [-0.2, 0) is 0 Å². The minimum atomic E-state index is -0.913. The van der Waals surface area contributed by atoms with E-state index in [0.717, 1.165) is 22.8 Å². The van der Waals surface area contributed by atoms with Crippen molar-refractivity contribution in [2.24, 2.45) is 0 Å². The number of aromatic nitrogens is 3. The van der Waals surface area contributed by atoms with Crippen molar-refractivity contribution in [1.29, 1.82) is 0 Å². The molecule has 0 aliphatic rings. The topological polar surface area (TPSA) is 67.8 Å². The van der Waals surface area contributed by atoms with E-state index in [1.54, 1.807) is 0 Å². The minimum Gasteiger partial charge on any atom is -0.310 e. The highest BCUT2D eigenvalue weighted by Gasteiger charge is 2.16. The molecule has 0 aliphatic carbocycles. The van der Waals surface area contributed by atoms with Crippen LogP contribution in [0.3, 0.4) is 0 Å². The summed E-state index contributed by atoms with van der Waals surface area (Å²) in [5.74, 6) is -1.59. The highest BCUT2D eigenvalue weighted by Crippen LogP contribution is 2.18. The van der Waals surface area contributed by atoms with Crippen LogP contribution >= 0.6 is 0 Å². The standard InChI is InChI=1S/C14H9F2N3O2/c1-7-17-13-8(14(21)18-7)5-6-11(20)19(13)12-9(15)3-2-4-10(12)16/h2-6H,1H3,(H,17,18,21). The number of aromatic amines is 1. The van der Waals surface area contributed by atoms with Crippen molar-refractivity contribution in [3.05, 3.63) is 68.5 Å². The van der Waals surface area contributed by atoms with E-state index in [-0.39, 0.29) is 16.9 Å². The second-order valence-corrected chi connectivity index (χ2v) is 4.47. The Bertz CT molecular complexity index is 956. The molecule has 0 spiro atoms. The molecule has 106 valence electrons. The maximum absolute atomic E-state index is 13.9. The van der Waals surface area contributed by atoms with Gasteiger partial charge in [0.05, 0.1) is 5.39 Å². The average molecular weight is 289 g/mol. The van der Waals surface area contributed by atoms with Crippen LogP contribution in [0.2, 0.25) is 0 Å². The van der Waals surface area contributed by atoms with Gasteiger partial charge in [-0.3, -0.25) is 14.2 Å². The smallest absolute Gasteiger partial charge is 0.260 e. The van der Waals surface area contributed by atoms with E-state index in [1.807, 2.05) is 0 Å². The molecule has 0 atom stereocenters. The third-order valence-corrected chi connectivity index (χ3v) is 3.04. The molecule has 0 saturated carbocycles. The Morgan fingerprint density at radius 1 is 1.10 bits per heavy atom. The Hall–Kier alpha value is -2.83. The van der Waals surface area contributed by atoms with Crippen LogP contribution < -0.4 is 11.1 Å². The molecule has 2 aromatic heterocycles. The Morgan fingerprint density at radius 3 is 2.43 bits per heavy atom. The van der Waals surface area contributed by atoms with Gasteiger partial charge in [0, 0.05) is 6.07 Å². The van der Waals surface area contributed by atoms with Crippen LogP contribution in [0, 0.1) is 18.6 Å². The first kappa shape index (κ1) is 13.2. The molecule has 2 heterocycles. The molecular weight excluding hydrogens is 280 g/mol. The monoisotopic (exact) mass is 289 g/mol. The number of H-pyrrole nitrogens is 1. The van der Waals surface area contributed by atoms with Crippen molar-refractivity contribution in [1.82, 2.24) is 14.5 Å².